The van der Waals surface area contributed by atoms with E-state index in [-0.39, 0.29) is 5.92 Å². The number of rotatable bonds is 2. The number of hydrogen-bond acceptors (Lipinski definition) is 0. The molecular weight excluding hydrogens is 115 g/mol. The van der Waals surface area contributed by atoms with E-state index in [1.807, 2.05) is 13.8 Å². The quantitative estimate of drug-likeness (QED) is 0.504. The van der Waals surface area contributed by atoms with E-state index in [0.717, 1.165) is 0 Å². The zero-order valence-corrected chi connectivity index (χ0v) is 6.66. The largest absolute Gasteiger partial charge is 0.240 e. The summed E-state index contributed by atoms with van der Waals surface area (Å²) >= 11 is 0. The van der Waals surface area contributed by atoms with Crippen LogP contribution in [0.25, 0.3) is 0 Å². The summed E-state index contributed by atoms with van der Waals surface area (Å²) in [5.74, 6) is 0.241. The van der Waals surface area contributed by atoms with E-state index in [0.29, 0.717) is 5.57 Å². The minimum atomic E-state index is -1.21. The van der Waals surface area contributed by atoms with Crippen LogP contribution in [0.1, 0.15) is 27.7 Å². The van der Waals surface area contributed by atoms with Gasteiger partial charge in [0.05, 0.1) is 0 Å². The zero-order chi connectivity index (χ0) is 7.65. The maximum atomic E-state index is 12.9. The Morgan fingerprint density at radius 2 is 1.78 bits per heavy atom. The van der Waals surface area contributed by atoms with E-state index in [4.69, 9.17) is 0 Å². The van der Waals surface area contributed by atoms with Crippen molar-refractivity contribution in [3.05, 3.63) is 12.2 Å². The molecule has 0 spiro atoms. The highest BCUT2D eigenvalue weighted by Crippen LogP contribution is 2.24. The van der Waals surface area contributed by atoms with E-state index >= 15 is 0 Å². The Morgan fingerprint density at radius 1 is 1.44 bits per heavy atom. The van der Waals surface area contributed by atoms with Crippen molar-refractivity contribution in [1.82, 2.24) is 0 Å². The van der Waals surface area contributed by atoms with Crippen molar-refractivity contribution in [2.75, 3.05) is 0 Å². The molecule has 0 radical (unpaired) electrons. The van der Waals surface area contributed by atoms with E-state index < -0.39 is 5.67 Å². The molecule has 0 N–H and O–H groups in total. The number of alkyl halides is 1. The van der Waals surface area contributed by atoms with Gasteiger partial charge in [-0.25, -0.2) is 4.39 Å². The summed E-state index contributed by atoms with van der Waals surface area (Å²) in [6.07, 6.45) is 0. The third kappa shape index (κ3) is 2.64. The topological polar surface area (TPSA) is 0 Å². The molecule has 54 valence electrons. The van der Waals surface area contributed by atoms with Crippen molar-refractivity contribution in [3.8, 4) is 0 Å². The molecule has 0 aromatic heterocycles. The number of hydrogen-bond donors (Lipinski definition) is 0. The fourth-order valence-electron chi connectivity index (χ4n) is 0.686. The molecule has 0 aliphatic heterocycles. The summed E-state index contributed by atoms with van der Waals surface area (Å²) in [7, 11) is 0. The van der Waals surface area contributed by atoms with Crippen molar-refractivity contribution in [3.63, 3.8) is 0 Å². The lowest BCUT2D eigenvalue weighted by Crippen LogP contribution is -2.18. The molecular formula is C8H15F. The van der Waals surface area contributed by atoms with Gasteiger partial charge in [-0.3, -0.25) is 0 Å². The SMILES string of the molecule is C=C(C(C)C)C(C)(C)F. The average Bonchev–Trinajstić information content (AvgIpc) is 1.62. The van der Waals surface area contributed by atoms with Crippen molar-refractivity contribution in [2.24, 2.45) is 5.92 Å². The van der Waals surface area contributed by atoms with Crippen molar-refractivity contribution in [1.29, 1.82) is 0 Å². The minimum absolute atomic E-state index is 0.241. The molecule has 0 bridgehead atoms. The molecule has 0 rings (SSSR count). The smallest absolute Gasteiger partial charge is 0.126 e. The first-order valence-corrected chi connectivity index (χ1v) is 3.24. The fraction of sp³-hybridized carbons (Fsp3) is 0.750. The molecule has 0 aliphatic rings. The summed E-state index contributed by atoms with van der Waals surface area (Å²) in [5.41, 5.74) is -0.545. The Bertz CT molecular complexity index is 106. The lowest BCUT2D eigenvalue weighted by molar-refractivity contribution is 0.251. The predicted octanol–water partition coefficient (Wildman–Crippen LogP) is 2.95. The van der Waals surface area contributed by atoms with Gasteiger partial charge in [-0.05, 0) is 25.3 Å². The molecule has 0 heterocycles. The van der Waals surface area contributed by atoms with Crippen LogP contribution < -0.4 is 0 Å². The van der Waals surface area contributed by atoms with Crippen LogP contribution in [0.15, 0.2) is 12.2 Å². The van der Waals surface area contributed by atoms with E-state index in [1.54, 1.807) is 0 Å². The molecule has 9 heavy (non-hydrogen) atoms. The molecule has 0 aliphatic carbocycles. The normalized spacial score (nSPS) is 12.2. The van der Waals surface area contributed by atoms with Crippen LogP contribution in [0.3, 0.4) is 0 Å². The first-order chi connectivity index (χ1) is 3.85. The van der Waals surface area contributed by atoms with Gasteiger partial charge in [0.15, 0.2) is 0 Å². The summed E-state index contributed by atoms with van der Waals surface area (Å²) in [5, 5.41) is 0. The number of allylic oxidation sites excluding steroid dienone is 1. The monoisotopic (exact) mass is 130 g/mol. The molecule has 0 nitrogen and oxygen atoms in total. The summed E-state index contributed by atoms with van der Waals surface area (Å²) in [4.78, 5) is 0. The average molecular weight is 130 g/mol. The Labute approximate surface area is 56.8 Å². The van der Waals surface area contributed by atoms with Crippen molar-refractivity contribution >= 4 is 0 Å². The van der Waals surface area contributed by atoms with Crippen molar-refractivity contribution in [2.45, 2.75) is 33.4 Å². The van der Waals surface area contributed by atoms with Gasteiger partial charge in [0.1, 0.15) is 5.67 Å². The fourth-order valence-corrected chi connectivity index (χ4v) is 0.686. The van der Waals surface area contributed by atoms with Crippen LogP contribution in [0.5, 0.6) is 0 Å². The third-order valence-electron chi connectivity index (χ3n) is 1.46. The van der Waals surface area contributed by atoms with E-state index in [1.165, 1.54) is 13.8 Å². The highest BCUT2D eigenvalue weighted by atomic mass is 19.1. The molecule has 0 aromatic rings. The molecule has 0 amide bonds. The molecule has 0 aromatic carbocycles. The Balaban J connectivity index is 4.06. The van der Waals surface area contributed by atoms with Gasteiger partial charge in [-0.15, -0.1) is 0 Å². The molecule has 1 heteroatoms. The van der Waals surface area contributed by atoms with Gasteiger partial charge in [-0.2, -0.15) is 0 Å². The third-order valence-corrected chi connectivity index (χ3v) is 1.46. The van der Waals surface area contributed by atoms with Gasteiger partial charge >= 0.3 is 0 Å². The van der Waals surface area contributed by atoms with Crippen LogP contribution in [-0.2, 0) is 0 Å². The maximum Gasteiger partial charge on any atom is 0.126 e. The lowest BCUT2D eigenvalue weighted by atomic mass is 9.92. The first-order valence-electron chi connectivity index (χ1n) is 3.24. The molecule has 0 unspecified atom stereocenters. The van der Waals surface area contributed by atoms with E-state index in [9.17, 15) is 4.39 Å². The maximum absolute atomic E-state index is 12.9. The molecule has 0 atom stereocenters. The Hall–Kier alpha value is -0.330. The molecule has 0 saturated heterocycles. The van der Waals surface area contributed by atoms with Crippen molar-refractivity contribution < 1.29 is 4.39 Å². The Morgan fingerprint density at radius 3 is 1.78 bits per heavy atom. The van der Waals surface area contributed by atoms with Crippen LogP contribution in [0.2, 0.25) is 0 Å². The van der Waals surface area contributed by atoms with Crippen LogP contribution in [0.4, 0.5) is 4.39 Å². The van der Waals surface area contributed by atoms with Crippen LogP contribution in [0, 0.1) is 5.92 Å². The second-order valence-corrected chi connectivity index (χ2v) is 3.15. The second kappa shape index (κ2) is 2.51. The Kier molecular flexibility index (Phi) is 2.41. The van der Waals surface area contributed by atoms with Gasteiger partial charge in [-0.1, -0.05) is 20.4 Å². The molecule has 0 fully saturated rings. The highest BCUT2D eigenvalue weighted by Gasteiger charge is 2.21. The standard InChI is InChI=1S/C8H15F/c1-6(2)7(3)8(4,5)9/h6H,3H2,1-2,4-5H3. The van der Waals surface area contributed by atoms with Gasteiger partial charge < -0.3 is 0 Å². The highest BCUT2D eigenvalue weighted by molar-refractivity contribution is 5.10. The zero-order valence-electron chi connectivity index (χ0n) is 6.66. The summed E-state index contributed by atoms with van der Waals surface area (Å²) < 4.78 is 12.9. The number of halogens is 1. The van der Waals surface area contributed by atoms with Gasteiger partial charge in [0, 0.05) is 0 Å². The van der Waals surface area contributed by atoms with Gasteiger partial charge in [0.2, 0.25) is 0 Å². The molecule has 0 saturated carbocycles. The van der Waals surface area contributed by atoms with Crippen LogP contribution in [-0.4, -0.2) is 5.67 Å². The summed E-state index contributed by atoms with van der Waals surface area (Å²) in [6, 6.07) is 0. The van der Waals surface area contributed by atoms with E-state index in [2.05, 4.69) is 6.58 Å². The first kappa shape index (κ1) is 8.67. The van der Waals surface area contributed by atoms with Gasteiger partial charge in [0.25, 0.3) is 0 Å². The summed E-state index contributed by atoms with van der Waals surface area (Å²) in [6.45, 7) is 10.6. The minimum Gasteiger partial charge on any atom is -0.240 e. The lowest BCUT2D eigenvalue weighted by Gasteiger charge is -2.20. The second-order valence-electron chi connectivity index (χ2n) is 3.15. The predicted molar refractivity (Wildman–Crippen MR) is 39.2 cm³/mol. The van der Waals surface area contributed by atoms with Crippen LogP contribution >= 0.6 is 0 Å².